The van der Waals surface area contributed by atoms with E-state index < -0.39 is 6.10 Å². The summed E-state index contributed by atoms with van der Waals surface area (Å²) in [7, 11) is 0. The number of nitrogens with one attached hydrogen (secondary N) is 1. The molecule has 1 aliphatic carbocycles. The molecule has 32 heavy (non-hydrogen) atoms. The zero-order valence-electron chi connectivity index (χ0n) is 18.3. The van der Waals surface area contributed by atoms with Crippen molar-refractivity contribution in [2.24, 2.45) is 0 Å². The van der Waals surface area contributed by atoms with Gasteiger partial charge in [-0.2, -0.15) is 5.26 Å². The Morgan fingerprint density at radius 1 is 1.12 bits per heavy atom. The SMILES string of the molecule is CC(O)c1nccn1CC#Cc1ccc(-c2ccc(C3CC(NCCC#N)C3)cc2)cc1. The van der Waals surface area contributed by atoms with Crippen molar-refractivity contribution in [1.29, 1.82) is 5.26 Å². The third-order valence-corrected chi connectivity index (χ3v) is 6.01. The summed E-state index contributed by atoms with van der Waals surface area (Å²) >= 11 is 0. The van der Waals surface area contributed by atoms with Crippen molar-refractivity contribution in [2.75, 3.05) is 6.54 Å². The molecule has 1 atom stereocenters. The first-order chi connectivity index (χ1) is 15.6. The number of nitriles is 1. The van der Waals surface area contributed by atoms with Crippen molar-refractivity contribution >= 4 is 0 Å². The number of benzene rings is 2. The second kappa shape index (κ2) is 10.3. The average Bonchev–Trinajstić information content (AvgIpc) is 3.25. The Morgan fingerprint density at radius 3 is 2.47 bits per heavy atom. The van der Waals surface area contributed by atoms with E-state index in [1.807, 2.05) is 22.9 Å². The van der Waals surface area contributed by atoms with Gasteiger partial charge in [0.05, 0.1) is 12.6 Å². The number of imidazole rings is 1. The van der Waals surface area contributed by atoms with Crippen molar-refractivity contribution < 1.29 is 5.11 Å². The van der Waals surface area contributed by atoms with Gasteiger partial charge >= 0.3 is 0 Å². The zero-order valence-corrected chi connectivity index (χ0v) is 18.3. The van der Waals surface area contributed by atoms with E-state index in [2.05, 4.69) is 64.6 Å². The molecular weight excluding hydrogens is 396 g/mol. The molecule has 0 radical (unpaired) electrons. The fraction of sp³-hybridized carbons (Fsp3) is 0.333. The van der Waals surface area contributed by atoms with Crippen LogP contribution in [-0.4, -0.2) is 27.2 Å². The number of hydrogen-bond donors (Lipinski definition) is 2. The number of rotatable bonds is 7. The average molecular weight is 425 g/mol. The van der Waals surface area contributed by atoms with Crippen LogP contribution in [0.5, 0.6) is 0 Å². The Morgan fingerprint density at radius 2 is 1.81 bits per heavy atom. The molecule has 3 aromatic rings. The first-order valence-corrected chi connectivity index (χ1v) is 11.1. The first kappa shape index (κ1) is 21.8. The van der Waals surface area contributed by atoms with Crippen molar-refractivity contribution in [2.45, 2.75) is 50.8 Å². The maximum atomic E-state index is 9.72. The van der Waals surface area contributed by atoms with Crippen LogP contribution < -0.4 is 5.32 Å². The molecule has 1 unspecified atom stereocenters. The maximum absolute atomic E-state index is 9.72. The molecule has 0 amide bonds. The monoisotopic (exact) mass is 424 g/mol. The summed E-state index contributed by atoms with van der Waals surface area (Å²) < 4.78 is 1.86. The van der Waals surface area contributed by atoms with Crippen LogP contribution in [0.15, 0.2) is 60.9 Å². The third kappa shape index (κ3) is 5.26. The summed E-state index contributed by atoms with van der Waals surface area (Å²) in [5, 5.41) is 21.8. The number of aliphatic hydroxyl groups is 1. The van der Waals surface area contributed by atoms with Crippen LogP contribution in [0.3, 0.4) is 0 Å². The van der Waals surface area contributed by atoms with Gasteiger partial charge in [-0.3, -0.25) is 0 Å². The summed E-state index contributed by atoms with van der Waals surface area (Å²) in [5.74, 6) is 7.58. The molecule has 1 aliphatic rings. The fourth-order valence-corrected chi connectivity index (χ4v) is 4.13. The molecule has 0 saturated heterocycles. The van der Waals surface area contributed by atoms with Crippen LogP contribution >= 0.6 is 0 Å². The molecule has 1 aromatic heterocycles. The van der Waals surface area contributed by atoms with Gasteiger partial charge in [-0.25, -0.2) is 4.98 Å². The van der Waals surface area contributed by atoms with Crippen LogP contribution in [0.2, 0.25) is 0 Å². The van der Waals surface area contributed by atoms with Gasteiger partial charge in [-0.1, -0.05) is 48.2 Å². The van der Waals surface area contributed by atoms with Gasteiger partial charge in [0.2, 0.25) is 0 Å². The highest BCUT2D eigenvalue weighted by atomic mass is 16.3. The van der Waals surface area contributed by atoms with E-state index in [0.29, 0.717) is 30.7 Å². The molecule has 2 N–H and O–H groups in total. The molecule has 4 rings (SSSR count). The van der Waals surface area contributed by atoms with E-state index in [1.54, 1.807) is 13.1 Å². The van der Waals surface area contributed by atoms with Gasteiger partial charge in [0.1, 0.15) is 11.9 Å². The molecule has 0 spiro atoms. The minimum absolute atomic E-state index is 0.499. The summed E-state index contributed by atoms with van der Waals surface area (Å²) in [6.45, 7) is 3.00. The zero-order chi connectivity index (χ0) is 22.3. The minimum atomic E-state index is -0.603. The van der Waals surface area contributed by atoms with Gasteiger partial charge in [-0.15, -0.1) is 0 Å². The molecule has 1 saturated carbocycles. The molecule has 5 heteroatoms. The third-order valence-electron chi connectivity index (χ3n) is 6.01. The van der Waals surface area contributed by atoms with Crippen LogP contribution in [0.25, 0.3) is 11.1 Å². The number of aliphatic hydroxyl groups excluding tert-OH is 1. The molecular formula is C27H28N4O. The lowest BCUT2D eigenvalue weighted by atomic mass is 9.75. The Hall–Kier alpha value is -3.38. The predicted octanol–water partition coefficient (Wildman–Crippen LogP) is 4.40. The molecule has 0 aliphatic heterocycles. The van der Waals surface area contributed by atoms with Crippen LogP contribution in [0, 0.1) is 23.2 Å². The molecule has 162 valence electrons. The molecule has 0 bridgehead atoms. The van der Waals surface area contributed by atoms with Crippen LogP contribution in [0.4, 0.5) is 0 Å². The molecule has 2 aromatic carbocycles. The first-order valence-electron chi connectivity index (χ1n) is 11.1. The van der Waals surface area contributed by atoms with E-state index >= 15 is 0 Å². The maximum Gasteiger partial charge on any atom is 0.138 e. The highest BCUT2D eigenvalue weighted by Gasteiger charge is 2.29. The quantitative estimate of drug-likeness (QED) is 0.435. The fourth-order valence-electron chi connectivity index (χ4n) is 4.13. The highest BCUT2D eigenvalue weighted by Crippen LogP contribution is 2.37. The predicted molar refractivity (Wildman–Crippen MR) is 126 cm³/mol. The largest absolute Gasteiger partial charge is 0.385 e. The van der Waals surface area contributed by atoms with E-state index in [4.69, 9.17) is 5.26 Å². The van der Waals surface area contributed by atoms with Crippen LogP contribution in [-0.2, 0) is 6.54 Å². The summed E-state index contributed by atoms with van der Waals surface area (Å²) in [4.78, 5) is 4.16. The highest BCUT2D eigenvalue weighted by molar-refractivity contribution is 5.64. The molecule has 1 fully saturated rings. The lowest BCUT2D eigenvalue weighted by Gasteiger charge is -2.36. The molecule has 5 nitrogen and oxygen atoms in total. The topological polar surface area (TPSA) is 73.9 Å². The van der Waals surface area contributed by atoms with Gasteiger partial charge in [0.15, 0.2) is 0 Å². The van der Waals surface area contributed by atoms with Gasteiger partial charge in [0.25, 0.3) is 0 Å². The van der Waals surface area contributed by atoms with Gasteiger partial charge in [-0.05, 0) is 54.5 Å². The van der Waals surface area contributed by atoms with E-state index in [-0.39, 0.29) is 0 Å². The van der Waals surface area contributed by atoms with Crippen molar-refractivity contribution in [1.82, 2.24) is 14.9 Å². The minimum Gasteiger partial charge on any atom is -0.385 e. The standard InChI is InChI=1S/C27H28N4O/c1-20(32)27-30-15-17-31(27)16-2-4-21-5-7-22(8-6-21)23-9-11-24(12-10-23)25-18-26(19-25)29-14-3-13-28/h5-12,15,17,20,25-26,29,32H,3,14,16,18-19H2,1H3. The summed E-state index contributed by atoms with van der Waals surface area (Å²) in [6, 6.07) is 19.9. The Bertz CT molecular complexity index is 1120. The summed E-state index contributed by atoms with van der Waals surface area (Å²) in [6.07, 6.45) is 5.79. The molecule has 1 heterocycles. The lowest BCUT2D eigenvalue weighted by molar-refractivity contribution is 0.184. The summed E-state index contributed by atoms with van der Waals surface area (Å²) in [5.41, 5.74) is 4.74. The van der Waals surface area contributed by atoms with E-state index in [1.165, 1.54) is 16.7 Å². The second-order valence-electron chi connectivity index (χ2n) is 8.32. The van der Waals surface area contributed by atoms with Crippen molar-refractivity contribution in [3.05, 3.63) is 77.9 Å². The van der Waals surface area contributed by atoms with Gasteiger partial charge < -0.3 is 15.0 Å². The van der Waals surface area contributed by atoms with Crippen LogP contribution in [0.1, 0.15) is 55.2 Å². The normalized spacial score (nSPS) is 18.2. The van der Waals surface area contributed by atoms with Crippen molar-refractivity contribution in [3.8, 4) is 29.0 Å². The van der Waals surface area contributed by atoms with Gasteiger partial charge in [0, 0.05) is 37.0 Å². The van der Waals surface area contributed by atoms with E-state index in [0.717, 1.165) is 24.9 Å². The second-order valence-corrected chi connectivity index (χ2v) is 8.32. The Labute approximate surface area is 189 Å². The Kier molecular flexibility index (Phi) is 7.02. The number of hydrogen-bond acceptors (Lipinski definition) is 4. The Balaban J connectivity index is 1.32. The lowest BCUT2D eigenvalue weighted by Crippen LogP contribution is -2.40. The smallest absolute Gasteiger partial charge is 0.138 e. The number of aromatic nitrogens is 2. The van der Waals surface area contributed by atoms with E-state index in [9.17, 15) is 5.11 Å². The van der Waals surface area contributed by atoms with Crippen molar-refractivity contribution in [3.63, 3.8) is 0 Å². The number of nitrogens with zero attached hydrogens (tertiary/aromatic N) is 3.